The number of nitrogens with two attached hydrogens (primary N) is 1. The first-order valence-electron chi connectivity index (χ1n) is 6.89. The van der Waals surface area contributed by atoms with E-state index in [1.54, 1.807) is 6.07 Å². The smallest absolute Gasteiger partial charge is 0.165 e. The molecule has 1 atom stereocenters. The zero-order valence-electron chi connectivity index (χ0n) is 11.9. The highest BCUT2D eigenvalue weighted by Crippen LogP contribution is 2.25. The van der Waals surface area contributed by atoms with Crippen LogP contribution >= 0.6 is 0 Å². The molecule has 106 valence electrons. The van der Waals surface area contributed by atoms with Crippen molar-refractivity contribution in [3.05, 3.63) is 59.4 Å². The van der Waals surface area contributed by atoms with E-state index in [9.17, 15) is 4.39 Å². The van der Waals surface area contributed by atoms with Crippen molar-refractivity contribution in [3.8, 4) is 11.5 Å². The fraction of sp³-hybridized carbons (Fsp3) is 0.294. The van der Waals surface area contributed by atoms with Crippen LogP contribution < -0.4 is 10.5 Å². The van der Waals surface area contributed by atoms with Crippen LogP contribution in [0.4, 0.5) is 4.39 Å². The molecule has 0 fully saturated rings. The highest BCUT2D eigenvalue weighted by Gasteiger charge is 2.07. The van der Waals surface area contributed by atoms with Crippen LogP contribution in [0.3, 0.4) is 0 Å². The zero-order chi connectivity index (χ0) is 14.5. The Morgan fingerprint density at radius 3 is 2.30 bits per heavy atom. The Morgan fingerprint density at radius 2 is 1.75 bits per heavy atom. The number of hydrogen-bond donors (Lipinski definition) is 1. The van der Waals surface area contributed by atoms with Crippen molar-refractivity contribution in [2.75, 3.05) is 0 Å². The first-order chi connectivity index (χ1) is 9.58. The lowest BCUT2D eigenvalue weighted by Crippen LogP contribution is -2.17. The Morgan fingerprint density at radius 1 is 1.10 bits per heavy atom. The predicted octanol–water partition coefficient (Wildman–Crippen LogP) is 4.07. The summed E-state index contributed by atoms with van der Waals surface area (Å²) in [5, 5.41) is 0. The van der Waals surface area contributed by atoms with Crippen LogP contribution in [0.25, 0.3) is 0 Å². The van der Waals surface area contributed by atoms with Gasteiger partial charge in [0.15, 0.2) is 11.6 Å². The molecule has 1 unspecified atom stereocenters. The Kier molecular flexibility index (Phi) is 4.74. The van der Waals surface area contributed by atoms with Gasteiger partial charge in [0.2, 0.25) is 0 Å². The average Bonchev–Trinajstić information content (AvgIpc) is 2.42. The van der Waals surface area contributed by atoms with Crippen molar-refractivity contribution in [2.45, 2.75) is 32.7 Å². The van der Waals surface area contributed by atoms with Gasteiger partial charge in [-0.15, -0.1) is 0 Å². The van der Waals surface area contributed by atoms with Gasteiger partial charge in [-0.05, 0) is 55.2 Å². The minimum absolute atomic E-state index is 0.0164. The van der Waals surface area contributed by atoms with Crippen molar-refractivity contribution in [1.82, 2.24) is 0 Å². The quantitative estimate of drug-likeness (QED) is 0.891. The first kappa shape index (κ1) is 14.5. The maximum atomic E-state index is 14.0. The molecule has 0 radical (unpaired) electrons. The predicted molar refractivity (Wildman–Crippen MR) is 79.6 cm³/mol. The van der Waals surface area contributed by atoms with Crippen LogP contribution in [0.2, 0.25) is 0 Å². The zero-order valence-corrected chi connectivity index (χ0v) is 11.9. The SMILES string of the molecule is CCc1ccc(Oc2ccc(CC(C)N)cc2F)cc1. The van der Waals surface area contributed by atoms with Gasteiger partial charge in [0.25, 0.3) is 0 Å². The second-order valence-electron chi connectivity index (χ2n) is 5.05. The highest BCUT2D eigenvalue weighted by molar-refractivity contribution is 5.35. The summed E-state index contributed by atoms with van der Waals surface area (Å²) in [7, 11) is 0. The summed E-state index contributed by atoms with van der Waals surface area (Å²) in [6.07, 6.45) is 1.63. The van der Waals surface area contributed by atoms with Crippen molar-refractivity contribution < 1.29 is 9.13 Å². The second kappa shape index (κ2) is 6.53. The van der Waals surface area contributed by atoms with Crippen molar-refractivity contribution in [3.63, 3.8) is 0 Å². The van der Waals surface area contributed by atoms with Gasteiger partial charge in [0.05, 0.1) is 0 Å². The molecule has 0 bridgehead atoms. The lowest BCUT2D eigenvalue weighted by molar-refractivity contribution is 0.441. The van der Waals surface area contributed by atoms with Gasteiger partial charge < -0.3 is 10.5 Å². The third kappa shape index (κ3) is 3.81. The minimum Gasteiger partial charge on any atom is -0.454 e. The molecule has 0 saturated carbocycles. The average molecular weight is 273 g/mol. The summed E-state index contributed by atoms with van der Waals surface area (Å²) in [6.45, 7) is 3.99. The number of benzene rings is 2. The fourth-order valence-electron chi connectivity index (χ4n) is 2.05. The summed E-state index contributed by atoms with van der Waals surface area (Å²) in [5.41, 5.74) is 7.82. The molecule has 20 heavy (non-hydrogen) atoms. The van der Waals surface area contributed by atoms with E-state index in [2.05, 4.69) is 6.92 Å². The van der Waals surface area contributed by atoms with Crippen molar-refractivity contribution in [1.29, 1.82) is 0 Å². The summed E-state index contributed by atoms with van der Waals surface area (Å²) < 4.78 is 19.5. The normalized spacial score (nSPS) is 12.2. The summed E-state index contributed by atoms with van der Waals surface area (Å²) >= 11 is 0. The molecule has 2 nitrogen and oxygen atoms in total. The molecule has 0 spiro atoms. The van der Waals surface area contributed by atoms with Crippen LogP contribution in [-0.2, 0) is 12.8 Å². The van der Waals surface area contributed by atoms with Gasteiger partial charge >= 0.3 is 0 Å². The molecule has 0 saturated heterocycles. The number of aryl methyl sites for hydroxylation is 1. The number of hydrogen-bond acceptors (Lipinski definition) is 2. The van der Waals surface area contributed by atoms with Gasteiger partial charge in [-0.1, -0.05) is 25.1 Å². The molecule has 0 aliphatic rings. The topological polar surface area (TPSA) is 35.2 Å². The van der Waals surface area contributed by atoms with Gasteiger partial charge in [-0.25, -0.2) is 4.39 Å². The molecular weight excluding hydrogens is 253 g/mol. The molecule has 0 aliphatic heterocycles. The van der Waals surface area contributed by atoms with Gasteiger partial charge in [0, 0.05) is 6.04 Å². The molecule has 2 aromatic rings. The largest absolute Gasteiger partial charge is 0.454 e. The Bertz CT molecular complexity index is 564. The number of ether oxygens (including phenoxy) is 1. The lowest BCUT2D eigenvalue weighted by atomic mass is 10.1. The van der Waals surface area contributed by atoms with Crippen LogP contribution in [0.1, 0.15) is 25.0 Å². The molecule has 0 amide bonds. The molecule has 2 aromatic carbocycles. The Balaban J connectivity index is 2.12. The summed E-state index contributed by atoms with van der Waals surface area (Å²) in [6, 6.07) is 12.7. The lowest BCUT2D eigenvalue weighted by Gasteiger charge is -2.10. The van der Waals surface area contributed by atoms with E-state index in [0.29, 0.717) is 12.2 Å². The number of halogens is 1. The maximum Gasteiger partial charge on any atom is 0.165 e. The maximum absolute atomic E-state index is 14.0. The van der Waals surface area contributed by atoms with E-state index in [-0.39, 0.29) is 17.6 Å². The van der Waals surface area contributed by atoms with E-state index in [0.717, 1.165) is 12.0 Å². The molecule has 2 N–H and O–H groups in total. The molecular formula is C17H20FNO. The summed E-state index contributed by atoms with van der Waals surface area (Å²) in [4.78, 5) is 0. The molecule has 0 heterocycles. The third-order valence-electron chi connectivity index (χ3n) is 3.11. The van der Waals surface area contributed by atoms with Crippen LogP contribution in [0.15, 0.2) is 42.5 Å². The minimum atomic E-state index is -0.359. The summed E-state index contributed by atoms with van der Waals surface area (Å²) in [5.74, 6) is 0.520. The monoisotopic (exact) mass is 273 g/mol. The van der Waals surface area contributed by atoms with E-state index in [4.69, 9.17) is 10.5 Å². The van der Waals surface area contributed by atoms with Gasteiger partial charge in [-0.3, -0.25) is 0 Å². The van der Waals surface area contributed by atoms with E-state index >= 15 is 0 Å². The highest BCUT2D eigenvalue weighted by atomic mass is 19.1. The van der Waals surface area contributed by atoms with Gasteiger partial charge in [0.1, 0.15) is 5.75 Å². The van der Waals surface area contributed by atoms with E-state index < -0.39 is 0 Å². The van der Waals surface area contributed by atoms with Crippen molar-refractivity contribution >= 4 is 0 Å². The Labute approximate surface area is 119 Å². The van der Waals surface area contributed by atoms with Crippen molar-refractivity contribution in [2.24, 2.45) is 5.73 Å². The number of rotatable bonds is 5. The third-order valence-corrected chi connectivity index (χ3v) is 3.11. The fourth-order valence-corrected chi connectivity index (χ4v) is 2.05. The van der Waals surface area contributed by atoms with E-state index in [1.807, 2.05) is 37.3 Å². The molecule has 3 heteroatoms. The van der Waals surface area contributed by atoms with Gasteiger partial charge in [-0.2, -0.15) is 0 Å². The van der Waals surface area contributed by atoms with Crippen LogP contribution in [0, 0.1) is 5.82 Å². The van der Waals surface area contributed by atoms with E-state index in [1.165, 1.54) is 11.6 Å². The first-order valence-corrected chi connectivity index (χ1v) is 6.89. The molecule has 0 aromatic heterocycles. The van der Waals surface area contributed by atoms with Crippen LogP contribution in [-0.4, -0.2) is 6.04 Å². The molecule has 2 rings (SSSR count). The molecule has 0 aliphatic carbocycles. The van der Waals surface area contributed by atoms with Crippen LogP contribution in [0.5, 0.6) is 11.5 Å². The Hall–Kier alpha value is -1.87. The second-order valence-corrected chi connectivity index (χ2v) is 5.05. The standard InChI is InChI=1S/C17H20FNO/c1-3-13-4-7-15(8-5-13)20-17-9-6-14(10-12(2)19)11-16(17)18/h4-9,11-12H,3,10,19H2,1-2H3.